The molecule has 0 fully saturated rings. The van der Waals surface area contributed by atoms with Crippen molar-refractivity contribution in [3.63, 3.8) is 0 Å². The molecule has 3 heterocycles. The van der Waals surface area contributed by atoms with Gasteiger partial charge in [0, 0.05) is 44.2 Å². The summed E-state index contributed by atoms with van der Waals surface area (Å²) in [6.45, 7) is 0. The van der Waals surface area contributed by atoms with Crippen LogP contribution >= 0.6 is 0 Å². The van der Waals surface area contributed by atoms with E-state index in [4.69, 9.17) is 24.4 Å². The van der Waals surface area contributed by atoms with Gasteiger partial charge in [-0.15, -0.1) is 0 Å². The first-order valence-corrected chi connectivity index (χ1v) is 18.3. The first kappa shape index (κ1) is 32.2. The second-order valence-electron chi connectivity index (χ2n) is 13.4. The van der Waals surface area contributed by atoms with E-state index in [-0.39, 0.29) is 0 Å². The van der Waals surface area contributed by atoms with Crippen molar-refractivity contribution in [2.24, 2.45) is 0 Å². The fourth-order valence-corrected chi connectivity index (χ4v) is 7.22. The van der Waals surface area contributed by atoms with Crippen LogP contribution in [0, 0.1) is 0 Å². The van der Waals surface area contributed by atoms with Gasteiger partial charge in [-0.2, -0.15) is 0 Å². The van der Waals surface area contributed by atoms with Gasteiger partial charge in [0.15, 0.2) is 11.6 Å². The third-order valence-electron chi connectivity index (χ3n) is 9.93. The van der Waals surface area contributed by atoms with Crippen LogP contribution in [0.4, 0.5) is 0 Å². The number of fused-ring (bicyclic) bond motifs is 3. The number of benzene rings is 7. The standard InChI is InChI=1S/C50H32N4O/c1-5-16-33(17-6-1)43-31-44(34-18-7-2-8-19-34)52-49(51-43)38-25-13-24-37(30-38)39-26-14-27-40-41-28-15-29-42(48(41)55-47(39)40)50-53-45(35-20-9-3-10-21-35)32-46(54-50)36-22-11-4-12-23-36/h1-32H. The minimum Gasteiger partial charge on any atom is -0.455 e. The van der Waals surface area contributed by atoms with Crippen LogP contribution < -0.4 is 0 Å². The minimum absolute atomic E-state index is 0.609. The molecule has 0 aliphatic rings. The van der Waals surface area contributed by atoms with Crippen LogP contribution in [0.5, 0.6) is 0 Å². The smallest absolute Gasteiger partial charge is 0.164 e. The third kappa shape index (κ3) is 6.14. The lowest BCUT2D eigenvalue weighted by atomic mass is 9.99. The fraction of sp³-hybridized carbons (Fsp3) is 0. The summed E-state index contributed by atoms with van der Waals surface area (Å²) in [6, 6.07) is 66.0. The zero-order valence-electron chi connectivity index (χ0n) is 29.7. The van der Waals surface area contributed by atoms with Gasteiger partial charge in [0.2, 0.25) is 0 Å². The van der Waals surface area contributed by atoms with E-state index in [1.165, 1.54) is 0 Å². The number of hydrogen-bond donors (Lipinski definition) is 0. The van der Waals surface area contributed by atoms with Crippen LogP contribution in [0.25, 0.3) is 101 Å². The van der Waals surface area contributed by atoms with Crippen LogP contribution in [0.2, 0.25) is 0 Å². The fourth-order valence-electron chi connectivity index (χ4n) is 7.22. The van der Waals surface area contributed by atoms with E-state index in [9.17, 15) is 0 Å². The molecule has 3 aromatic heterocycles. The van der Waals surface area contributed by atoms with Crippen LogP contribution in [-0.4, -0.2) is 19.9 Å². The number of hydrogen-bond acceptors (Lipinski definition) is 5. The van der Waals surface area contributed by atoms with Crippen molar-refractivity contribution in [2.75, 3.05) is 0 Å². The Bertz CT molecular complexity index is 2850. The van der Waals surface area contributed by atoms with Gasteiger partial charge in [-0.05, 0) is 29.8 Å². The highest BCUT2D eigenvalue weighted by Crippen LogP contribution is 2.41. The summed E-state index contributed by atoms with van der Waals surface area (Å²) < 4.78 is 6.90. The topological polar surface area (TPSA) is 64.7 Å². The molecule has 0 spiro atoms. The molecule has 0 N–H and O–H groups in total. The molecule has 0 saturated heterocycles. The Balaban J connectivity index is 1.11. The number of nitrogens with zero attached hydrogens (tertiary/aromatic N) is 4. The van der Waals surface area contributed by atoms with Gasteiger partial charge >= 0.3 is 0 Å². The summed E-state index contributed by atoms with van der Waals surface area (Å²) in [5.74, 6) is 1.27. The van der Waals surface area contributed by atoms with Crippen LogP contribution in [-0.2, 0) is 0 Å². The van der Waals surface area contributed by atoms with Gasteiger partial charge < -0.3 is 4.42 Å². The van der Waals surface area contributed by atoms with Crippen molar-refractivity contribution >= 4 is 21.9 Å². The quantitative estimate of drug-likeness (QED) is 0.165. The minimum atomic E-state index is 0.609. The van der Waals surface area contributed by atoms with E-state index in [2.05, 4.69) is 115 Å². The number of para-hydroxylation sites is 2. The maximum atomic E-state index is 6.90. The number of aromatic nitrogens is 4. The van der Waals surface area contributed by atoms with Gasteiger partial charge in [-0.3, -0.25) is 0 Å². The maximum Gasteiger partial charge on any atom is 0.164 e. The number of rotatable bonds is 7. The molecule has 10 rings (SSSR count). The molecule has 258 valence electrons. The Morgan fingerprint density at radius 3 is 1.11 bits per heavy atom. The largest absolute Gasteiger partial charge is 0.455 e. The second kappa shape index (κ2) is 13.8. The van der Waals surface area contributed by atoms with Gasteiger partial charge in [-0.1, -0.05) is 170 Å². The molecular weight excluding hydrogens is 673 g/mol. The monoisotopic (exact) mass is 704 g/mol. The zero-order valence-corrected chi connectivity index (χ0v) is 29.7. The van der Waals surface area contributed by atoms with E-state index < -0.39 is 0 Å². The third-order valence-corrected chi connectivity index (χ3v) is 9.93. The van der Waals surface area contributed by atoms with E-state index >= 15 is 0 Å². The summed E-state index contributed by atoms with van der Waals surface area (Å²) in [5, 5.41) is 2.03. The maximum absolute atomic E-state index is 6.90. The number of furan rings is 1. The lowest BCUT2D eigenvalue weighted by Gasteiger charge is -2.10. The van der Waals surface area contributed by atoms with Crippen molar-refractivity contribution in [3.8, 4) is 78.9 Å². The molecule has 0 aliphatic carbocycles. The average molecular weight is 705 g/mol. The Morgan fingerprint density at radius 2 is 0.636 bits per heavy atom. The second-order valence-corrected chi connectivity index (χ2v) is 13.4. The zero-order chi connectivity index (χ0) is 36.6. The van der Waals surface area contributed by atoms with E-state index in [0.29, 0.717) is 11.6 Å². The lowest BCUT2D eigenvalue weighted by Crippen LogP contribution is -1.96. The summed E-state index contributed by atoms with van der Waals surface area (Å²) in [7, 11) is 0. The van der Waals surface area contributed by atoms with Crippen molar-refractivity contribution in [1.82, 2.24) is 19.9 Å². The van der Waals surface area contributed by atoms with Gasteiger partial charge in [0.25, 0.3) is 0 Å². The van der Waals surface area contributed by atoms with Crippen molar-refractivity contribution in [1.29, 1.82) is 0 Å². The average Bonchev–Trinajstić information content (AvgIpc) is 3.67. The van der Waals surface area contributed by atoms with Crippen LogP contribution in [0.1, 0.15) is 0 Å². The predicted molar refractivity (Wildman–Crippen MR) is 223 cm³/mol. The Hall–Kier alpha value is -7.50. The van der Waals surface area contributed by atoms with Gasteiger partial charge in [0.1, 0.15) is 11.2 Å². The Morgan fingerprint density at radius 1 is 0.273 bits per heavy atom. The highest BCUT2D eigenvalue weighted by molar-refractivity contribution is 6.12. The lowest BCUT2D eigenvalue weighted by molar-refractivity contribution is 0.670. The summed E-state index contributed by atoms with van der Waals surface area (Å²) in [5.41, 5.74) is 12.9. The molecule has 7 aromatic carbocycles. The van der Waals surface area contributed by atoms with Crippen LogP contribution in [0.15, 0.2) is 199 Å². The highest BCUT2D eigenvalue weighted by atomic mass is 16.3. The molecular formula is C50H32N4O. The summed E-state index contributed by atoms with van der Waals surface area (Å²) in [6.07, 6.45) is 0. The molecule has 10 aromatic rings. The first-order chi connectivity index (χ1) is 27.2. The molecule has 0 saturated carbocycles. The molecule has 0 bridgehead atoms. The molecule has 5 nitrogen and oxygen atoms in total. The molecule has 0 unspecified atom stereocenters. The Kier molecular flexibility index (Phi) is 8.08. The van der Waals surface area contributed by atoms with Crippen LogP contribution in [0.3, 0.4) is 0 Å². The van der Waals surface area contributed by atoms with E-state index in [1.54, 1.807) is 0 Å². The molecule has 0 atom stereocenters. The first-order valence-electron chi connectivity index (χ1n) is 18.3. The van der Waals surface area contributed by atoms with Crippen molar-refractivity contribution in [3.05, 3.63) is 194 Å². The summed E-state index contributed by atoms with van der Waals surface area (Å²) in [4.78, 5) is 20.4. The molecule has 0 aliphatic heterocycles. The highest BCUT2D eigenvalue weighted by Gasteiger charge is 2.19. The predicted octanol–water partition coefficient (Wildman–Crippen LogP) is 12.8. The summed E-state index contributed by atoms with van der Waals surface area (Å²) >= 11 is 0. The van der Waals surface area contributed by atoms with Gasteiger partial charge in [0.05, 0.1) is 28.3 Å². The molecule has 0 amide bonds. The van der Waals surface area contributed by atoms with Crippen molar-refractivity contribution in [2.45, 2.75) is 0 Å². The molecule has 5 heteroatoms. The van der Waals surface area contributed by atoms with E-state index in [0.717, 1.165) is 89.2 Å². The molecule has 55 heavy (non-hydrogen) atoms. The van der Waals surface area contributed by atoms with Gasteiger partial charge in [-0.25, -0.2) is 19.9 Å². The normalized spacial score (nSPS) is 11.3. The van der Waals surface area contributed by atoms with E-state index in [1.807, 2.05) is 78.9 Å². The van der Waals surface area contributed by atoms with Crippen molar-refractivity contribution < 1.29 is 4.42 Å². The SMILES string of the molecule is c1ccc(-c2cc(-c3ccccc3)nc(-c3cccc(-c4cccc5c4oc4c(-c6nc(-c7ccccc7)cc(-c7ccccc7)n6)cccc45)c3)n2)cc1. The Labute approximate surface area is 318 Å². The molecule has 0 radical (unpaired) electrons.